The van der Waals surface area contributed by atoms with Gasteiger partial charge < -0.3 is 15.5 Å². The highest BCUT2D eigenvalue weighted by molar-refractivity contribution is 5.76. The monoisotopic (exact) mass is 894 g/mol. The Hall–Kier alpha value is -1.91. The molecule has 0 saturated heterocycles. The fraction of sp³-hybridized carbons (Fsp3) is 0.817. The van der Waals surface area contributed by atoms with E-state index in [1.54, 1.807) is 6.08 Å². The van der Waals surface area contributed by atoms with E-state index in [1.165, 1.54) is 231 Å². The quantitative estimate of drug-likeness (QED) is 0.0421. The number of allylic oxidation sites excluding steroid dienone is 9. The van der Waals surface area contributed by atoms with Crippen LogP contribution in [0.4, 0.5) is 0 Å². The number of unbranched alkanes of at least 4 members (excludes halogenated alkanes) is 37. The van der Waals surface area contributed by atoms with Crippen LogP contribution in [0.5, 0.6) is 0 Å². The van der Waals surface area contributed by atoms with Crippen LogP contribution in [0.1, 0.15) is 296 Å². The van der Waals surface area contributed by atoms with Gasteiger partial charge in [0.2, 0.25) is 5.91 Å². The molecule has 0 bridgehead atoms. The summed E-state index contributed by atoms with van der Waals surface area (Å²) in [6.07, 6.45) is 78.2. The fourth-order valence-electron chi connectivity index (χ4n) is 8.60. The van der Waals surface area contributed by atoms with Gasteiger partial charge in [0.15, 0.2) is 0 Å². The Kier molecular flexibility index (Phi) is 53.8. The Bertz CT molecular complexity index is 1060. The second-order valence-electron chi connectivity index (χ2n) is 19.3. The average molecular weight is 895 g/mol. The molecule has 0 aromatic heterocycles. The number of amides is 1. The van der Waals surface area contributed by atoms with Crippen molar-refractivity contribution in [3.8, 4) is 0 Å². The minimum atomic E-state index is -0.871. The molecule has 0 aliphatic carbocycles. The van der Waals surface area contributed by atoms with Gasteiger partial charge in [-0.3, -0.25) is 4.79 Å². The molecule has 64 heavy (non-hydrogen) atoms. The molecule has 0 fully saturated rings. The smallest absolute Gasteiger partial charge is 0.220 e. The predicted octanol–water partition coefficient (Wildman–Crippen LogP) is 18.8. The summed E-state index contributed by atoms with van der Waals surface area (Å²) in [5, 5.41) is 23.1. The molecule has 4 heteroatoms. The maximum Gasteiger partial charge on any atom is 0.220 e. The number of nitrogens with one attached hydrogen (secondary N) is 1. The first kappa shape index (κ1) is 62.1. The highest BCUT2D eigenvalue weighted by Gasteiger charge is 2.18. The van der Waals surface area contributed by atoms with Crippen LogP contribution < -0.4 is 5.32 Å². The molecule has 0 saturated carbocycles. The molecule has 0 radical (unpaired) electrons. The Morgan fingerprint density at radius 1 is 0.375 bits per heavy atom. The lowest BCUT2D eigenvalue weighted by Crippen LogP contribution is -2.45. The zero-order valence-electron chi connectivity index (χ0n) is 43.1. The van der Waals surface area contributed by atoms with Crippen LogP contribution in [0.15, 0.2) is 60.8 Å². The van der Waals surface area contributed by atoms with Crippen LogP contribution in [0.3, 0.4) is 0 Å². The summed E-state index contributed by atoms with van der Waals surface area (Å²) in [6.45, 7) is 4.30. The molecule has 3 N–H and O–H groups in total. The molecule has 1 amide bonds. The van der Waals surface area contributed by atoms with Gasteiger partial charge in [0.25, 0.3) is 0 Å². The first-order chi connectivity index (χ1) is 31.7. The Labute approximate surface area is 400 Å². The Morgan fingerprint density at radius 3 is 1.00 bits per heavy atom. The van der Waals surface area contributed by atoms with Crippen LogP contribution in [-0.4, -0.2) is 34.9 Å². The summed E-state index contributed by atoms with van der Waals surface area (Å²) in [5.41, 5.74) is 0. The van der Waals surface area contributed by atoms with E-state index >= 15 is 0 Å². The standard InChI is InChI=1S/C60H111NO3/c1-3-5-7-9-11-13-15-17-19-21-22-23-24-25-26-27-28-29-30-31-32-33-34-35-36-37-38-40-42-44-46-48-50-52-54-56-60(64)61-58(57-62)59(63)55-53-51-49-47-45-43-41-39-20-18-16-14-12-10-8-6-4-2/h20,24-25,27-28,39,45,47,53,55,58-59,62-63H,3-19,21-23,26,29-38,40-44,46,48-52,54,56-57H2,1-2H3,(H,61,64)/b25-24-,28-27-,39-20+,47-45+,55-53+. The van der Waals surface area contributed by atoms with E-state index in [9.17, 15) is 15.0 Å². The van der Waals surface area contributed by atoms with E-state index in [2.05, 4.69) is 67.8 Å². The van der Waals surface area contributed by atoms with E-state index in [-0.39, 0.29) is 12.5 Å². The number of aliphatic hydroxyl groups excluding tert-OH is 2. The van der Waals surface area contributed by atoms with E-state index in [0.717, 1.165) is 44.9 Å². The minimum Gasteiger partial charge on any atom is -0.394 e. The van der Waals surface area contributed by atoms with Crippen molar-refractivity contribution in [3.63, 3.8) is 0 Å². The molecule has 4 nitrogen and oxygen atoms in total. The summed E-state index contributed by atoms with van der Waals surface area (Å²) in [6, 6.07) is -0.647. The van der Waals surface area contributed by atoms with Gasteiger partial charge in [0.1, 0.15) is 0 Å². The second kappa shape index (κ2) is 55.4. The number of hydrogen-bond donors (Lipinski definition) is 3. The Morgan fingerprint density at radius 2 is 0.656 bits per heavy atom. The first-order valence-corrected chi connectivity index (χ1v) is 28.5. The lowest BCUT2D eigenvalue weighted by atomic mass is 10.0. The third kappa shape index (κ3) is 51.1. The third-order valence-corrected chi connectivity index (χ3v) is 13.0. The maximum absolute atomic E-state index is 12.5. The molecule has 0 aromatic rings. The molecular weight excluding hydrogens is 783 g/mol. The first-order valence-electron chi connectivity index (χ1n) is 28.5. The van der Waals surface area contributed by atoms with Gasteiger partial charge in [-0.05, 0) is 77.0 Å². The van der Waals surface area contributed by atoms with Crippen LogP contribution >= 0.6 is 0 Å². The lowest BCUT2D eigenvalue weighted by Gasteiger charge is -2.19. The SMILES string of the molecule is CCCCCCCCC/C=C/CC/C=C/CC/C=C/C(O)C(CO)NC(=O)CCCCCCCCCCCCCCCCCCC/C=C\C/C=C\CCCCCCCCCCCCC. The molecule has 374 valence electrons. The molecule has 0 aliphatic rings. The number of carbonyl (C=O) groups is 1. The molecule has 0 aromatic carbocycles. The van der Waals surface area contributed by atoms with Crippen molar-refractivity contribution in [1.82, 2.24) is 5.32 Å². The summed E-state index contributed by atoms with van der Waals surface area (Å²) < 4.78 is 0. The van der Waals surface area contributed by atoms with Gasteiger partial charge in [-0.2, -0.15) is 0 Å². The summed E-state index contributed by atoms with van der Waals surface area (Å²) in [5.74, 6) is -0.0761. The lowest BCUT2D eigenvalue weighted by molar-refractivity contribution is -0.123. The van der Waals surface area contributed by atoms with Gasteiger partial charge >= 0.3 is 0 Å². The van der Waals surface area contributed by atoms with Crippen molar-refractivity contribution in [1.29, 1.82) is 0 Å². The van der Waals surface area contributed by atoms with Crippen molar-refractivity contribution in [2.45, 2.75) is 309 Å². The second-order valence-corrected chi connectivity index (χ2v) is 19.3. The molecule has 2 unspecified atom stereocenters. The largest absolute Gasteiger partial charge is 0.394 e. The van der Waals surface area contributed by atoms with Gasteiger partial charge in [0.05, 0.1) is 18.8 Å². The average Bonchev–Trinajstić information content (AvgIpc) is 3.30. The summed E-state index contributed by atoms with van der Waals surface area (Å²) in [4.78, 5) is 12.5. The van der Waals surface area contributed by atoms with E-state index in [1.807, 2.05) is 6.08 Å². The minimum absolute atomic E-state index is 0.0761. The van der Waals surface area contributed by atoms with Gasteiger partial charge in [-0.25, -0.2) is 0 Å². The van der Waals surface area contributed by atoms with Crippen molar-refractivity contribution < 1.29 is 15.0 Å². The highest BCUT2D eigenvalue weighted by atomic mass is 16.3. The van der Waals surface area contributed by atoms with Crippen LogP contribution in [-0.2, 0) is 4.79 Å². The topological polar surface area (TPSA) is 69.6 Å². The number of rotatable bonds is 52. The zero-order valence-corrected chi connectivity index (χ0v) is 43.1. The number of hydrogen-bond acceptors (Lipinski definition) is 3. The van der Waals surface area contributed by atoms with Crippen molar-refractivity contribution in [3.05, 3.63) is 60.8 Å². The normalized spacial score (nSPS) is 13.2. The molecule has 0 aliphatic heterocycles. The van der Waals surface area contributed by atoms with Gasteiger partial charge in [0, 0.05) is 6.42 Å². The van der Waals surface area contributed by atoms with Crippen molar-refractivity contribution in [2.75, 3.05) is 6.61 Å². The van der Waals surface area contributed by atoms with Crippen LogP contribution in [0, 0.1) is 0 Å². The van der Waals surface area contributed by atoms with Crippen molar-refractivity contribution >= 4 is 5.91 Å². The predicted molar refractivity (Wildman–Crippen MR) is 285 cm³/mol. The molecule has 0 spiro atoms. The van der Waals surface area contributed by atoms with E-state index in [0.29, 0.717) is 6.42 Å². The maximum atomic E-state index is 12.5. The summed E-state index contributed by atoms with van der Waals surface area (Å²) >= 11 is 0. The number of carbonyl (C=O) groups excluding carboxylic acids is 1. The third-order valence-electron chi connectivity index (χ3n) is 13.0. The molecule has 0 rings (SSSR count). The highest BCUT2D eigenvalue weighted by Crippen LogP contribution is 2.16. The van der Waals surface area contributed by atoms with Gasteiger partial charge in [-0.1, -0.05) is 274 Å². The summed E-state index contributed by atoms with van der Waals surface area (Å²) in [7, 11) is 0. The molecule has 2 atom stereocenters. The van der Waals surface area contributed by atoms with Crippen molar-refractivity contribution in [2.24, 2.45) is 0 Å². The molecular formula is C60H111NO3. The number of aliphatic hydroxyl groups is 2. The Balaban J connectivity index is 3.49. The molecule has 0 heterocycles. The zero-order chi connectivity index (χ0) is 46.3. The van der Waals surface area contributed by atoms with Crippen LogP contribution in [0.2, 0.25) is 0 Å². The van der Waals surface area contributed by atoms with E-state index < -0.39 is 12.1 Å². The van der Waals surface area contributed by atoms with Crippen LogP contribution in [0.25, 0.3) is 0 Å². The van der Waals surface area contributed by atoms with E-state index in [4.69, 9.17) is 0 Å². The fourth-order valence-corrected chi connectivity index (χ4v) is 8.60. The van der Waals surface area contributed by atoms with Gasteiger partial charge in [-0.15, -0.1) is 0 Å².